The molecule has 1 unspecified atom stereocenters. The molecule has 129 heavy (non-hydrogen) atoms. The summed E-state index contributed by atoms with van der Waals surface area (Å²) in [5, 5.41) is 39.3. The van der Waals surface area contributed by atoms with Gasteiger partial charge in [-0.2, -0.15) is 5.26 Å². The van der Waals surface area contributed by atoms with Crippen molar-refractivity contribution in [3.8, 4) is 6.07 Å². The van der Waals surface area contributed by atoms with E-state index in [2.05, 4.69) is 94.3 Å². The molecule has 0 saturated heterocycles. The van der Waals surface area contributed by atoms with Crippen molar-refractivity contribution in [3.05, 3.63) is 0 Å². The molecule has 0 aliphatic heterocycles. The van der Waals surface area contributed by atoms with Crippen LogP contribution in [-0.2, 0) is 33.0 Å². The van der Waals surface area contributed by atoms with Crippen LogP contribution in [0.2, 0.25) is 0 Å². The summed E-state index contributed by atoms with van der Waals surface area (Å²) in [4.78, 5) is 60.5. The number of hydrogen-bond acceptors (Lipinski definition) is 13. The Morgan fingerprint density at radius 1 is 0.341 bits per heavy atom. The second-order valence-corrected chi connectivity index (χ2v) is 40.0. The molecule has 0 aromatic carbocycles. The van der Waals surface area contributed by atoms with Crippen LogP contribution in [0.15, 0.2) is 0 Å². The molecule has 0 aromatic rings. The van der Waals surface area contributed by atoms with Crippen molar-refractivity contribution in [2.45, 2.75) is 613 Å². The number of amides is 4. The summed E-state index contributed by atoms with van der Waals surface area (Å²) in [6.07, 6.45) is 100. The van der Waals surface area contributed by atoms with E-state index in [9.17, 15) is 33.5 Å². The Kier molecular flexibility index (Phi) is 121. The largest absolute Gasteiger partial charge is 0.390 e. The zero-order chi connectivity index (χ0) is 96.8. The Bertz CT molecular complexity index is 2180. The SMILES string of the molecule is CCCCCCCCCCCCCCCCCC(=O)Cl.CCCCCCCCCCCCCCCCCC(=O)NCC(CNC(=O)CCCCCCCCCCCCCCCCC)OP(OCCC#N)N(C(C)C)C(C)C.CCCCCCCCCCCCCCCCCC(=O)NCC(O)CNC(=O)CCCCCCCCCCCCCCCCC.NCC(O)CN.[2H]CF. The van der Waals surface area contributed by atoms with Gasteiger partial charge in [-0.3, -0.25) is 28.4 Å². The molecule has 4 amide bonds. The van der Waals surface area contributed by atoms with Crippen molar-refractivity contribution < 1.29 is 49.0 Å². The van der Waals surface area contributed by atoms with Crippen LogP contribution in [0, 0.1) is 11.3 Å². The molecular weight excluding hydrogens is 1650 g/mol. The van der Waals surface area contributed by atoms with Gasteiger partial charge in [-0.1, -0.05) is 484 Å². The first kappa shape index (κ1) is 133. The maximum atomic E-state index is 12.9. The van der Waals surface area contributed by atoms with Gasteiger partial charge in [-0.15, -0.1) is 0 Å². The smallest absolute Gasteiger partial charge is 0.259 e. The minimum Gasteiger partial charge on any atom is -0.390 e. The second-order valence-electron chi connectivity index (χ2n) is 38.1. The number of aliphatic hydroxyl groups is 2. The lowest BCUT2D eigenvalue weighted by molar-refractivity contribution is -0.123. The van der Waals surface area contributed by atoms with Gasteiger partial charge in [0.15, 0.2) is 0 Å². The van der Waals surface area contributed by atoms with Crippen molar-refractivity contribution >= 4 is 49.0 Å². The maximum absolute atomic E-state index is 12.9. The first-order valence-electron chi connectivity index (χ1n) is 56.2. The molecule has 0 heterocycles. The molecule has 20 heteroatoms. The van der Waals surface area contributed by atoms with Gasteiger partial charge in [0.05, 0.1) is 39.8 Å². The molecule has 0 rings (SSSR count). The van der Waals surface area contributed by atoms with E-state index >= 15 is 0 Å². The molecule has 770 valence electrons. The number of nitriles is 1. The highest BCUT2D eigenvalue weighted by molar-refractivity contribution is 7.44. The van der Waals surface area contributed by atoms with Crippen molar-refractivity contribution in [2.75, 3.05) is 53.0 Å². The van der Waals surface area contributed by atoms with Crippen LogP contribution in [0.3, 0.4) is 0 Å². The Hall–Kier alpha value is -2.59. The lowest BCUT2D eigenvalue weighted by Crippen LogP contribution is -2.43. The number of nitrogens with zero attached hydrogens (tertiary/aromatic N) is 2. The third-order valence-electron chi connectivity index (χ3n) is 24.6. The van der Waals surface area contributed by atoms with E-state index in [1.807, 2.05) is 0 Å². The number of hydrogen-bond donors (Lipinski definition) is 8. The van der Waals surface area contributed by atoms with Crippen molar-refractivity contribution in [3.63, 3.8) is 0 Å². The molecule has 0 fully saturated rings. The molecule has 0 spiro atoms. The van der Waals surface area contributed by atoms with Gasteiger partial charge in [0, 0.05) is 83.5 Å². The highest BCUT2D eigenvalue weighted by Crippen LogP contribution is 2.47. The van der Waals surface area contributed by atoms with Crippen LogP contribution in [0.4, 0.5) is 4.39 Å². The van der Waals surface area contributed by atoms with Gasteiger partial charge in [0.2, 0.25) is 28.9 Å². The van der Waals surface area contributed by atoms with E-state index in [4.69, 9.17) is 43.9 Å². The van der Waals surface area contributed by atoms with Gasteiger partial charge in [-0.05, 0) is 71.4 Å². The van der Waals surface area contributed by atoms with E-state index in [-0.39, 0.29) is 80.2 Å². The molecule has 1 atom stereocenters. The topological polar surface area (TPSA) is 271 Å². The zero-order valence-electron chi connectivity index (χ0n) is 87.8. The number of carbonyl (C=O) groups is 5. The standard InChI is InChI=1S/C48H95N4O4P.C39H78N2O3.C18H35ClO.C3H10N2O.CH3F/c1-7-9-11-13-15-17-19-21-23-25-27-29-31-33-35-38-47(53)50-42-46(56-57(55-41-37-40-49)52(44(3)4)45(5)6)43-51-48(54)39-36-34-32-30-28-26-24-22-20-18-16-14-12-10-8-2;1-3-5-7-9-11-13-15-17-19-21-23-25-27-29-31-33-38(43)40-35-37(42)36-41-39(44)34-32-30-28-26-24-22-20-18-16-14-12-10-8-6-4-2;1-2-3-4-5-6-7-8-9-10-11-12-13-14-15-16-17-18(19)20;4-1-3(6)2-5;1-2/h44-46H,7-39,41-43H2,1-6H3,(H,50,53)(H,51,54);37,42H,3-36H2,1-2H3,(H,40,43)(H,41,44);2-17H2,1H3;3,6H,1-2,4-5H2;1H3/i;;;;1D. The van der Waals surface area contributed by atoms with E-state index in [0.717, 1.165) is 64.2 Å². The Labute approximate surface area is 807 Å². The van der Waals surface area contributed by atoms with Crippen LogP contribution in [0.1, 0.15) is 584 Å². The van der Waals surface area contributed by atoms with Crippen LogP contribution >= 0.6 is 20.1 Å². The minimum atomic E-state index is -1.49. The zero-order valence-corrected chi connectivity index (χ0v) is 88.5. The molecule has 17 nitrogen and oxygen atoms in total. The van der Waals surface area contributed by atoms with Gasteiger partial charge in [0.25, 0.3) is 8.53 Å². The van der Waals surface area contributed by atoms with Crippen LogP contribution < -0.4 is 32.7 Å². The Morgan fingerprint density at radius 2 is 0.519 bits per heavy atom. The third kappa shape index (κ3) is 118. The number of aliphatic hydroxyl groups excluding tert-OH is 2. The summed E-state index contributed by atoms with van der Waals surface area (Å²) >= 11 is 5.30. The quantitative estimate of drug-likeness (QED) is 0.0160. The monoisotopic (exact) mass is 1870 g/mol. The predicted molar refractivity (Wildman–Crippen MR) is 558 cm³/mol. The first-order chi connectivity index (χ1) is 63.3. The van der Waals surface area contributed by atoms with E-state index in [0.29, 0.717) is 45.2 Å². The maximum Gasteiger partial charge on any atom is 0.259 e. The van der Waals surface area contributed by atoms with E-state index in [1.54, 1.807) is 0 Å². The van der Waals surface area contributed by atoms with E-state index in [1.165, 1.54) is 417 Å². The third-order valence-corrected chi connectivity index (χ3v) is 26.9. The number of nitrogens with two attached hydrogens (primary N) is 2. The number of nitrogens with one attached hydrogen (secondary N) is 4. The molecule has 0 aliphatic carbocycles. The van der Waals surface area contributed by atoms with Crippen molar-refractivity contribution in [1.82, 2.24) is 25.9 Å². The molecule has 0 saturated carbocycles. The minimum absolute atomic E-state index is 0.00266. The van der Waals surface area contributed by atoms with Crippen LogP contribution in [-0.4, -0.2) is 127 Å². The van der Waals surface area contributed by atoms with Gasteiger partial charge in [0.1, 0.15) is 6.10 Å². The fourth-order valence-corrected chi connectivity index (χ4v) is 18.1. The summed E-state index contributed by atoms with van der Waals surface area (Å²) < 4.78 is 30.4. The second kappa shape index (κ2) is 118. The first-order valence-corrected chi connectivity index (χ1v) is 57.0. The lowest BCUT2D eigenvalue weighted by Gasteiger charge is -2.37. The number of rotatable bonds is 98. The van der Waals surface area contributed by atoms with Gasteiger partial charge in [-0.25, -0.2) is 4.67 Å². The van der Waals surface area contributed by atoms with Crippen LogP contribution in [0.5, 0.6) is 0 Å². The molecule has 0 radical (unpaired) electrons. The van der Waals surface area contributed by atoms with Gasteiger partial charge < -0.3 is 52.0 Å². The summed E-state index contributed by atoms with van der Waals surface area (Å²) in [5.41, 5.74) is 9.91. The number of alkyl halides is 1. The average Bonchev–Trinajstić information content (AvgIpc) is 0.861. The van der Waals surface area contributed by atoms with Gasteiger partial charge >= 0.3 is 0 Å². The average molecular weight is 1870 g/mol. The van der Waals surface area contributed by atoms with Crippen LogP contribution in [0.25, 0.3) is 0 Å². The lowest BCUT2D eigenvalue weighted by atomic mass is 10.0. The summed E-state index contributed by atoms with van der Waals surface area (Å²) in [7, 11) is -2.49. The number of unbranched alkanes of at least 4 members (excludes halogenated alkanes) is 70. The number of carbonyl (C=O) groups excluding carboxylic acids is 5. The Morgan fingerprint density at radius 3 is 0.682 bits per heavy atom. The highest BCUT2D eigenvalue weighted by Gasteiger charge is 2.31. The van der Waals surface area contributed by atoms with Crippen molar-refractivity contribution in [2.24, 2.45) is 11.5 Å². The van der Waals surface area contributed by atoms with Crippen molar-refractivity contribution in [1.29, 1.82) is 5.26 Å². The predicted octanol–water partition coefficient (Wildman–Crippen LogP) is 31.4. The molecule has 0 bridgehead atoms. The summed E-state index contributed by atoms with van der Waals surface area (Å²) in [5.74, 6) is 0.0641. The highest BCUT2D eigenvalue weighted by atomic mass is 35.5. The summed E-state index contributed by atoms with van der Waals surface area (Å²) in [6.45, 7) is 21.6. The number of halogens is 2. The fraction of sp³-hybridized carbons (Fsp3) is 0.945. The Balaban J connectivity index is -0.000000623. The summed E-state index contributed by atoms with van der Waals surface area (Å²) in [6, 6.07) is 2.49. The fourth-order valence-electron chi connectivity index (χ4n) is 16.3. The molecule has 0 aromatic heterocycles. The normalized spacial score (nSPS) is 11.6. The molecule has 0 aliphatic rings. The molecule has 10 N–H and O–H groups in total. The molecular formula is C109H221ClFN8O9P. The van der Waals surface area contributed by atoms with E-state index < -0.39 is 34.0 Å².